The van der Waals surface area contributed by atoms with Crippen molar-refractivity contribution in [3.05, 3.63) is 143 Å². The second-order valence-electron chi connectivity index (χ2n) is 14.9. The first kappa shape index (κ1) is 59.6. The van der Waals surface area contributed by atoms with Crippen LogP contribution in [-0.2, 0) is 12.6 Å². The first-order valence-electron chi connectivity index (χ1n) is 21.6. The molecule has 0 bridgehead atoms. The Labute approximate surface area is 447 Å². The number of benzene rings is 4. The van der Waals surface area contributed by atoms with Crippen LogP contribution in [0.5, 0.6) is 0 Å². The van der Waals surface area contributed by atoms with Crippen molar-refractivity contribution < 1.29 is 65.6 Å². The molecule has 0 atom stereocenters. The number of amides is 4. The Morgan fingerprint density at radius 2 is 0.870 bits per heavy atom. The number of hydrogen-bond donors (Lipinski definition) is 4. The Bertz CT molecular complexity index is 3210. The smallest absolute Gasteiger partial charge is 0.408 e. The van der Waals surface area contributed by atoms with E-state index in [9.17, 15) is 47.9 Å². The lowest BCUT2D eigenvalue weighted by Crippen LogP contribution is -2.12. The number of unbranched alkanes of at least 4 members (excludes halogenated alkanes) is 1. The molecule has 4 aromatic carbocycles. The number of alkyl halides is 3. The Morgan fingerprint density at radius 3 is 1.19 bits per heavy atom. The summed E-state index contributed by atoms with van der Waals surface area (Å²) in [7, 11) is 0. The van der Waals surface area contributed by atoms with Crippen molar-refractivity contribution in [1.82, 2.24) is 40.8 Å². The zero-order valence-electron chi connectivity index (χ0n) is 39.5. The average molecular weight is 1150 g/mol. The van der Waals surface area contributed by atoms with Crippen LogP contribution in [0.3, 0.4) is 0 Å². The monoisotopic (exact) mass is 1150 g/mol. The maximum absolute atomic E-state index is 12.3. The van der Waals surface area contributed by atoms with Gasteiger partial charge in [0, 0.05) is 54.2 Å². The van der Waals surface area contributed by atoms with Crippen molar-refractivity contribution in [3.63, 3.8) is 0 Å². The quantitative estimate of drug-likeness (QED) is 0.0654. The number of halogens is 7. The number of carbonyl (C=O) groups is 4. The normalized spacial score (nSPS) is 10.6. The van der Waals surface area contributed by atoms with Crippen molar-refractivity contribution >= 4 is 96.3 Å². The number of nitrogens with zero attached hydrogens (tertiary/aromatic N) is 9. The van der Waals surface area contributed by atoms with Gasteiger partial charge in [0.25, 0.3) is 23.6 Å². The van der Waals surface area contributed by atoms with E-state index in [1.807, 2.05) is 19.2 Å². The number of aromatic nitrogens is 8. The van der Waals surface area contributed by atoms with Crippen LogP contribution in [0.1, 0.15) is 105 Å². The van der Waals surface area contributed by atoms with Crippen LogP contribution >= 0.6 is 48.6 Å². The van der Waals surface area contributed by atoms with Crippen LogP contribution in [-0.4, -0.2) is 64.4 Å². The predicted molar refractivity (Wildman–Crippen MR) is 265 cm³/mol. The van der Waals surface area contributed by atoms with Crippen molar-refractivity contribution in [1.29, 1.82) is 5.26 Å². The third kappa shape index (κ3) is 19.1. The molecule has 402 valence electrons. The first-order valence-corrected chi connectivity index (χ1v) is 24.4. The van der Waals surface area contributed by atoms with Gasteiger partial charge in [-0.2, -0.15) is 34.0 Å². The van der Waals surface area contributed by atoms with E-state index in [0.717, 1.165) is 12.8 Å². The van der Waals surface area contributed by atoms with Crippen LogP contribution in [0.4, 0.5) is 52.8 Å². The highest BCUT2D eigenvalue weighted by molar-refractivity contribution is 7.95. The number of aryl methyl sites for hydroxylation is 1. The summed E-state index contributed by atoms with van der Waals surface area (Å²) >= 11 is 0.351. The summed E-state index contributed by atoms with van der Waals surface area (Å²) in [5.41, 5.74) is 1.21. The number of nitrogens with one attached hydrogen (secondary N) is 4. The first-order chi connectivity index (χ1) is 36.9. The molecule has 0 aliphatic rings. The number of hydrogen-bond acceptors (Lipinski definition) is 21. The molecule has 0 radical (unpaired) electrons. The highest BCUT2D eigenvalue weighted by atomic mass is 32.2. The van der Waals surface area contributed by atoms with Gasteiger partial charge in [-0.15, -0.1) is 15.3 Å². The Morgan fingerprint density at radius 1 is 0.519 bits per heavy atom. The molecule has 0 saturated heterocycles. The van der Waals surface area contributed by atoms with E-state index in [0.29, 0.717) is 54.5 Å². The molecule has 32 heteroatoms. The molecule has 4 heterocycles. The zero-order valence-corrected chi connectivity index (χ0v) is 42.8. The molecule has 0 saturated carbocycles. The predicted octanol–water partition coefficient (Wildman–Crippen LogP) is 12.6. The molecule has 77 heavy (non-hydrogen) atoms. The van der Waals surface area contributed by atoms with Gasteiger partial charge in [-0.3, -0.25) is 40.4 Å². The Hall–Kier alpha value is -8.28. The third-order valence-electron chi connectivity index (χ3n) is 9.04. The Balaban J connectivity index is 0.000000189. The minimum Gasteiger partial charge on any atom is -0.408 e. The topological polar surface area (TPSA) is 296 Å². The Kier molecular flexibility index (Phi) is 23.0. The molecule has 4 N–H and O–H groups in total. The fourth-order valence-electron chi connectivity index (χ4n) is 5.27. The van der Waals surface area contributed by atoms with Gasteiger partial charge in [-0.1, -0.05) is 52.7 Å². The summed E-state index contributed by atoms with van der Waals surface area (Å²) in [6.45, 7) is 5.89. The van der Waals surface area contributed by atoms with Crippen LogP contribution in [0.15, 0.2) is 134 Å². The van der Waals surface area contributed by atoms with E-state index in [2.05, 4.69) is 68.1 Å². The lowest BCUT2D eigenvalue weighted by molar-refractivity contribution is -0.156. The molecule has 8 aromatic rings. The zero-order chi connectivity index (χ0) is 55.9. The highest BCUT2D eigenvalue weighted by Gasteiger charge is 2.38. The van der Waals surface area contributed by atoms with Gasteiger partial charge in [0.05, 0.1) is 48.6 Å². The summed E-state index contributed by atoms with van der Waals surface area (Å²) in [5, 5.41) is 45.5. The van der Waals surface area contributed by atoms with Crippen LogP contribution < -0.4 is 21.3 Å². The molecule has 21 nitrogen and oxygen atoms in total. The molecular weight excluding hydrogens is 1110 g/mol. The minimum absolute atomic E-state index is 0.00169. The maximum atomic E-state index is 12.3. The summed E-state index contributed by atoms with van der Waals surface area (Å²) in [4.78, 5) is 48.7. The molecule has 0 fully saturated rings. The average Bonchev–Trinajstić information content (AvgIpc) is 4.30. The number of carbonyl (C=O) groups excluding carboxylic acids is 4. The van der Waals surface area contributed by atoms with Crippen LogP contribution in [0.2, 0.25) is 0 Å². The largest absolute Gasteiger partial charge is 0.470 e. The van der Waals surface area contributed by atoms with Gasteiger partial charge >= 0.3 is 42.0 Å². The van der Waals surface area contributed by atoms with Crippen LogP contribution in [0, 0.1) is 11.3 Å². The molecule has 0 spiro atoms. The molecule has 4 aromatic heterocycles. The van der Waals surface area contributed by atoms with Crippen molar-refractivity contribution in [2.45, 2.75) is 71.7 Å². The fraction of sp³-hybridized carbons (Fsp3) is 0.178. The van der Waals surface area contributed by atoms with Gasteiger partial charge in [0.2, 0.25) is 11.8 Å². The summed E-state index contributed by atoms with van der Waals surface area (Å²) in [6.07, 6.45) is -2.10. The van der Waals surface area contributed by atoms with Crippen molar-refractivity contribution in [3.8, 4) is 6.07 Å². The van der Waals surface area contributed by atoms with Gasteiger partial charge in [-0.25, -0.2) is 0 Å². The minimum atomic E-state index is -4.78. The molecule has 0 aliphatic carbocycles. The summed E-state index contributed by atoms with van der Waals surface area (Å²) in [6, 6.07) is 24.3. The molecule has 0 aliphatic heterocycles. The summed E-state index contributed by atoms with van der Waals surface area (Å²) in [5.74, 6) is -2.73. The van der Waals surface area contributed by atoms with E-state index in [-0.39, 0.29) is 95.8 Å². The number of anilines is 4. The van der Waals surface area contributed by atoms with Gasteiger partial charge in [0.1, 0.15) is 0 Å². The molecule has 0 unspecified atom stereocenters. The van der Waals surface area contributed by atoms with E-state index < -0.39 is 29.9 Å². The second kappa shape index (κ2) is 29.7. The fourth-order valence-corrected chi connectivity index (χ4v) is 6.22. The lowest BCUT2D eigenvalue weighted by Gasteiger charge is -2.01. The maximum Gasteiger partial charge on any atom is 0.470 e. The molecule has 4 amide bonds. The highest BCUT2D eigenvalue weighted by Crippen LogP contribution is 2.29. The molecular formula is C45H36F7N13O8S4. The van der Waals surface area contributed by atoms with Crippen molar-refractivity contribution in [2.24, 2.45) is 0 Å². The van der Waals surface area contributed by atoms with Gasteiger partial charge < -0.3 is 17.7 Å². The second-order valence-corrected chi connectivity index (χ2v) is 17.4. The standard InChI is InChI=1S/C13H14FN3O2S.C12H12FN3O2S.C10H5F4N3O2S.C10H5FN4O2S/c1-2-3-4-11-16-17-13(19-11)15-12(18)9-5-7-10(20-14)8-6-9;1-7(2)11-15-16-12(18-11)14-10(17)8-3-5-9(19-13)6-4-8;11-10(12,13)8-16-17-9(19-8)15-7(18)5-1-3-6(20-14)4-2-5;11-18-7-3-1-6(2-4-7)9(16)13-10-15-14-8(5-12)17-10/h5-8H,2-4H2,1H3,(H,15,17,18);3-7H,1-2H3,(H,14,16,17);1-4H,(H,15,17,18);1-4H,(H,13,15,16). The van der Waals surface area contributed by atoms with Crippen LogP contribution in [0.25, 0.3) is 0 Å². The molecule has 8 rings (SSSR count). The van der Waals surface area contributed by atoms with Crippen molar-refractivity contribution in [2.75, 3.05) is 21.3 Å². The number of rotatable bonds is 16. The SMILES string of the molecule is CC(C)c1nnc(NC(=O)c2ccc(SF)cc2)o1.CCCCc1nnc(NC(=O)c2ccc(SF)cc2)o1.N#Cc1nnc(NC(=O)c2ccc(SF)cc2)o1.O=C(Nc1nnc(C(F)(F)F)o1)c1ccc(SF)cc1. The number of nitriles is 1. The third-order valence-corrected chi connectivity index (χ3v) is 10.8. The lowest BCUT2D eigenvalue weighted by atomic mass is 10.2. The van der Waals surface area contributed by atoms with E-state index in [1.54, 1.807) is 6.07 Å². The van der Waals surface area contributed by atoms with Gasteiger partial charge in [0.15, 0.2) is 6.07 Å². The van der Waals surface area contributed by atoms with E-state index in [4.69, 9.17) is 18.5 Å². The van der Waals surface area contributed by atoms with Gasteiger partial charge in [-0.05, 0) is 103 Å². The summed E-state index contributed by atoms with van der Waals surface area (Å²) < 4.78 is 105. The van der Waals surface area contributed by atoms with E-state index >= 15 is 0 Å². The van der Waals surface area contributed by atoms with E-state index in [1.165, 1.54) is 97.1 Å².